The summed E-state index contributed by atoms with van der Waals surface area (Å²) in [7, 11) is 0. The molecule has 26 heavy (non-hydrogen) atoms. The van der Waals surface area contributed by atoms with E-state index in [1.54, 1.807) is 0 Å². The standard InChI is InChI=1S/C22H29NO3/c1-4-20(26-19-14-12-17(3)13-15-19)22(24)23-16-8-10-18-9-6-7-11-21(18)25-5-2/h6-7,9,11-15,20H,4-5,8,10,16H2,1-3H3,(H,23,24)/t20-/m1/s1. The zero-order valence-corrected chi connectivity index (χ0v) is 16.0. The van der Waals surface area contributed by atoms with Crippen LogP contribution in [0.2, 0.25) is 0 Å². The molecular weight excluding hydrogens is 326 g/mol. The minimum absolute atomic E-state index is 0.0637. The SMILES string of the molecule is CCOc1ccccc1CCCNC(=O)[C@@H](CC)Oc1ccc(C)cc1. The van der Waals surface area contributed by atoms with E-state index < -0.39 is 6.10 Å². The molecule has 0 unspecified atom stereocenters. The molecule has 4 heteroatoms. The summed E-state index contributed by atoms with van der Waals surface area (Å²) in [4.78, 5) is 12.4. The number of benzene rings is 2. The molecule has 0 heterocycles. The lowest BCUT2D eigenvalue weighted by atomic mass is 10.1. The number of amides is 1. The summed E-state index contributed by atoms with van der Waals surface area (Å²) in [6.45, 7) is 7.24. The zero-order chi connectivity index (χ0) is 18.8. The van der Waals surface area contributed by atoms with Gasteiger partial charge in [-0.25, -0.2) is 0 Å². The molecule has 0 aliphatic carbocycles. The maximum Gasteiger partial charge on any atom is 0.261 e. The minimum Gasteiger partial charge on any atom is -0.494 e. The van der Waals surface area contributed by atoms with Gasteiger partial charge in [0.2, 0.25) is 0 Å². The number of hydrogen-bond donors (Lipinski definition) is 1. The summed E-state index contributed by atoms with van der Waals surface area (Å²) in [5.41, 5.74) is 2.34. The quantitative estimate of drug-likeness (QED) is 0.647. The van der Waals surface area contributed by atoms with E-state index in [1.165, 1.54) is 11.1 Å². The Morgan fingerprint density at radius 1 is 1.08 bits per heavy atom. The van der Waals surface area contributed by atoms with Gasteiger partial charge in [0.25, 0.3) is 5.91 Å². The van der Waals surface area contributed by atoms with Crippen molar-refractivity contribution in [2.75, 3.05) is 13.2 Å². The van der Waals surface area contributed by atoms with Gasteiger partial charge in [0.1, 0.15) is 11.5 Å². The fourth-order valence-electron chi connectivity index (χ4n) is 2.71. The molecule has 0 aromatic heterocycles. The second-order valence-electron chi connectivity index (χ2n) is 6.26. The van der Waals surface area contributed by atoms with Crippen molar-refractivity contribution in [2.45, 2.75) is 46.1 Å². The summed E-state index contributed by atoms with van der Waals surface area (Å²) in [5, 5.41) is 2.98. The molecule has 0 spiro atoms. The van der Waals surface area contributed by atoms with Crippen molar-refractivity contribution in [2.24, 2.45) is 0 Å². The second-order valence-corrected chi connectivity index (χ2v) is 6.26. The highest BCUT2D eigenvalue weighted by Crippen LogP contribution is 2.19. The number of hydrogen-bond acceptors (Lipinski definition) is 3. The Labute approximate surface area is 156 Å². The first kappa shape index (κ1) is 19.8. The number of aryl methyl sites for hydroxylation is 2. The first-order valence-corrected chi connectivity index (χ1v) is 9.35. The molecule has 2 rings (SSSR count). The summed E-state index contributed by atoms with van der Waals surface area (Å²) in [6, 6.07) is 15.8. The highest BCUT2D eigenvalue weighted by molar-refractivity contribution is 5.81. The first-order valence-electron chi connectivity index (χ1n) is 9.35. The lowest BCUT2D eigenvalue weighted by Crippen LogP contribution is -2.38. The van der Waals surface area contributed by atoms with Crippen molar-refractivity contribution < 1.29 is 14.3 Å². The van der Waals surface area contributed by atoms with E-state index in [9.17, 15) is 4.79 Å². The lowest BCUT2D eigenvalue weighted by Gasteiger charge is -2.17. The molecule has 1 amide bonds. The van der Waals surface area contributed by atoms with Crippen molar-refractivity contribution in [3.05, 3.63) is 59.7 Å². The zero-order valence-electron chi connectivity index (χ0n) is 16.0. The van der Waals surface area contributed by atoms with Crippen molar-refractivity contribution in [1.82, 2.24) is 5.32 Å². The van der Waals surface area contributed by atoms with E-state index in [0.29, 0.717) is 19.6 Å². The van der Waals surface area contributed by atoms with Crippen LogP contribution < -0.4 is 14.8 Å². The molecular formula is C22H29NO3. The molecule has 0 fully saturated rings. The third-order valence-corrected chi connectivity index (χ3v) is 4.16. The normalized spacial score (nSPS) is 11.7. The van der Waals surface area contributed by atoms with Gasteiger partial charge >= 0.3 is 0 Å². The van der Waals surface area contributed by atoms with Gasteiger partial charge in [-0.15, -0.1) is 0 Å². The number of nitrogens with one attached hydrogen (secondary N) is 1. The van der Waals surface area contributed by atoms with E-state index in [-0.39, 0.29) is 5.91 Å². The first-order chi connectivity index (χ1) is 12.6. The van der Waals surface area contributed by atoms with Crippen molar-refractivity contribution in [1.29, 1.82) is 0 Å². The smallest absolute Gasteiger partial charge is 0.261 e. The van der Waals surface area contributed by atoms with Gasteiger partial charge in [0, 0.05) is 6.54 Å². The Kier molecular flexibility index (Phi) is 8.00. The van der Waals surface area contributed by atoms with Crippen LogP contribution in [0.1, 0.15) is 37.8 Å². The van der Waals surface area contributed by atoms with E-state index >= 15 is 0 Å². The fourth-order valence-corrected chi connectivity index (χ4v) is 2.71. The lowest BCUT2D eigenvalue weighted by molar-refractivity contribution is -0.128. The Morgan fingerprint density at radius 3 is 2.50 bits per heavy atom. The van der Waals surface area contributed by atoms with E-state index in [0.717, 1.165) is 24.3 Å². The average molecular weight is 355 g/mol. The van der Waals surface area contributed by atoms with Gasteiger partial charge in [0.15, 0.2) is 6.10 Å². The number of para-hydroxylation sites is 1. The van der Waals surface area contributed by atoms with Crippen LogP contribution >= 0.6 is 0 Å². The van der Waals surface area contributed by atoms with E-state index in [1.807, 2.05) is 63.2 Å². The molecule has 1 atom stereocenters. The monoisotopic (exact) mass is 355 g/mol. The van der Waals surface area contributed by atoms with E-state index in [2.05, 4.69) is 11.4 Å². The summed E-state index contributed by atoms with van der Waals surface area (Å²) >= 11 is 0. The molecule has 0 saturated heterocycles. The number of carbonyl (C=O) groups excluding carboxylic acids is 1. The molecule has 0 aliphatic heterocycles. The van der Waals surface area contributed by atoms with Crippen LogP contribution in [0.15, 0.2) is 48.5 Å². The summed E-state index contributed by atoms with van der Waals surface area (Å²) in [5.74, 6) is 1.59. The third kappa shape index (κ3) is 6.10. The predicted octanol–water partition coefficient (Wildman–Crippen LogP) is 4.30. The second kappa shape index (κ2) is 10.5. The average Bonchev–Trinajstić information content (AvgIpc) is 2.66. The van der Waals surface area contributed by atoms with Gasteiger partial charge in [0.05, 0.1) is 6.61 Å². The minimum atomic E-state index is -0.464. The third-order valence-electron chi connectivity index (χ3n) is 4.16. The van der Waals surface area contributed by atoms with Crippen molar-refractivity contribution in [3.8, 4) is 11.5 Å². The highest BCUT2D eigenvalue weighted by Gasteiger charge is 2.17. The Hall–Kier alpha value is -2.49. The fraction of sp³-hybridized carbons (Fsp3) is 0.409. The van der Waals surface area contributed by atoms with Gasteiger partial charge in [-0.2, -0.15) is 0 Å². The molecule has 0 radical (unpaired) electrons. The maximum atomic E-state index is 12.4. The van der Waals surface area contributed by atoms with Crippen LogP contribution in [-0.2, 0) is 11.2 Å². The van der Waals surface area contributed by atoms with Crippen LogP contribution in [-0.4, -0.2) is 25.2 Å². The highest BCUT2D eigenvalue weighted by atomic mass is 16.5. The van der Waals surface area contributed by atoms with Crippen molar-refractivity contribution in [3.63, 3.8) is 0 Å². The molecule has 0 saturated carbocycles. The van der Waals surface area contributed by atoms with Crippen LogP contribution in [0.25, 0.3) is 0 Å². The van der Waals surface area contributed by atoms with E-state index in [4.69, 9.17) is 9.47 Å². The predicted molar refractivity (Wildman–Crippen MR) is 105 cm³/mol. The maximum absolute atomic E-state index is 12.4. The Morgan fingerprint density at radius 2 is 1.81 bits per heavy atom. The van der Waals surface area contributed by atoms with Gasteiger partial charge in [-0.3, -0.25) is 4.79 Å². The number of rotatable bonds is 10. The largest absolute Gasteiger partial charge is 0.494 e. The number of carbonyl (C=O) groups is 1. The molecule has 0 aliphatic rings. The molecule has 4 nitrogen and oxygen atoms in total. The van der Waals surface area contributed by atoms with Crippen LogP contribution in [0.4, 0.5) is 0 Å². The summed E-state index contributed by atoms with van der Waals surface area (Å²) < 4.78 is 11.5. The van der Waals surface area contributed by atoms with Crippen LogP contribution in [0, 0.1) is 6.92 Å². The van der Waals surface area contributed by atoms with Gasteiger partial charge in [-0.05, 0) is 56.9 Å². The Bertz CT molecular complexity index is 682. The molecule has 2 aromatic carbocycles. The molecule has 0 bridgehead atoms. The van der Waals surface area contributed by atoms with Crippen molar-refractivity contribution >= 4 is 5.91 Å². The molecule has 1 N–H and O–H groups in total. The number of ether oxygens (including phenoxy) is 2. The van der Waals surface area contributed by atoms with Gasteiger partial charge in [-0.1, -0.05) is 42.8 Å². The van der Waals surface area contributed by atoms with Crippen LogP contribution in [0.3, 0.4) is 0 Å². The van der Waals surface area contributed by atoms with Gasteiger partial charge < -0.3 is 14.8 Å². The topological polar surface area (TPSA) is 47.6 Å². The van der Waals surface area contributed by atoms with Crippen LogP contribution in [0.5, 0.6) is 11.5 Å². The summed E-state index contributed by atoms with van der Waals surface area (Å²) in [6.07, 6.45) is 1.89. The molecule has 2 aromatic rings. The Balaban J connectivity index is 1.79. The molecule has 140 valence electrons.